The zero-order valence-corrected chi connectivity index (χ0v) is 18.1. The molecule has 0 saturated carbocycles. The maximum Gasteiger partial charge on any atom is 0.322 e. The van der Waals surface area contributed by atoms with Gasteiger partial charge in [0.15, 0.2) is 0 Å². The first-order valence-electron chi connectivity index (χ1n) is 8.50. The average Bonchev–Trinajstić information content (AvgIpc) is 3.01. The van der Waals surface area contributed by atoms with E-state index >= 15 is 0 Å². The van der Waals surface area contributed by atoms with Crippen molar-refractivity contribution in [3.05, 3.63) is 63.5 Å². The summed E-state index contributed by atoms with van der Waals surface area (Å²) in [6.07, 6.45) is 1.91. The van der Waals surface area contributed by atoms with Gasteiger partial charge in [-0.05, 0) is 65.7 Å². The van der Waals surface area contributed by atoms with E-state index in [1.807, 2.05) is 12.1 Å². The summed E-state index contributed by atoms with van der Waals surface area (Å²) in [5.41, 5.74) is 7.22. The summed E-state index contributed by atoms with van der Waals surface area (Å²) in [6, 6.07) is 11.4. The molecule has 0 aliphatic carbocycles. The van der Waals surface area contributed by atoms with Gasteiger partial charge in [0.2, 0.25) is 0 Å². The molecule has 2 aromatic carbocycles. The largest absolute Gasteiger partial charge is 0.468 e. The van der Waals surface area contributed by atoms with Crippen molar-refractivity contribution < 1.29 is 23.9 Å². The van der Waals surface area contributed by atoms with Crippen LogP contribution in [0, 0.1) is 0 Å². The number of benzene rings is 2. The minimum absolute atomic E-state index is 0. The predicted molar refractivity (Wildman–Crippen MR) is 118 cm³/mol. The number of carbonyl (C=O) groups excluding carboxylic acids is 3. The Morgan fingerprint density at radius 3 is 2.43 bits per heavy atom. The van der Waals surface area contributed by atoms with Crippen LogP contribution < -0.4 is 15.8 Å². The summed E-state index contributed by atoms with van der Waals surface area (Å²) >= 11 is 7.10. The Balaban J connectivity index is 0.00000320. The van der Waals surface area contributed by atoms with Crippen LogP contribution in [0.4, 0.5) is 4.79 Å². The molecule has 0 radical (unpaired) electrons. The van der Waals surface area contributed by atoms with Gasteiger partial charge in [-0.1, -0.05) is 23.7 Å². The SMILES string of the molecule is COC(=O)[C@@H](N)Cc1ccc(Oc2ccc(C=C3SC(=O)NC3=O)c(Cl)c2)cc1.Cl. The van der Waals surface area contributed by atoms with Crippen molar-refractivity contribution in [1.82, 2.24) is 5.32 Å². The van der Waals surface area contributed by atoms with Gasteiger partial charge < -0.3 is 15.2 Å². The maximum atomic E-state index is 11.6. The Bertz CT molecular complexity index is 995. The fraction of sp³-hybridized carbons (Fsp3) is 0.150. The predicted octanol–water partition coefficient (Wildman–Crippen LogP) is 3.92. The van der Waals surface area contributed by atoms with Gasteiger partial charge in [-0.2, -0.15) is 0 Å². The van der Waals surface area contributed by atoms with Crippen molar-refractivity contribution in [3.63, 3.8) is 0 Å². The summed E-state index contributed by atoms with van der Waals surface area (Å²) in [5, 5.41) is 2.16. The molecule has 1 heterocycles. The number of ether oxygens (including phenoxy) is 2. The van der Waals surface area contributed by atoms with Crippen molar-refractivity contribution >= 4 is 59.0 Å². The highest BCUT2D eigenvalue weighted by Gasteiger charge is 2.25. The fourth-order valence-electron chi connectivity index (χ4n) is 2.57. The van der Waals surface area contributed by atoms with E-state index < -0.39 is 23.2 Å². The van der Waals surface area contributed by atoms with Gasteiger partial charge in [0, 0.05) is 0 Å². The van der Waals surface area contributed by atoms with Crippen LogP contribution in [0.5, 0.6) is 11.5 Å². The molecule has 0 unspecified atom stereocenters. The molecular formula is C20H18Cl2N2O5S. The third-order valence-electron chi connectivity index (χ3n) is 4.02. The van der Waals surface area contributed by atoms with Gasteiger partial charge in [0.1, 0.15) is 17.5 Å². The molecule has 2 amide bonds. The molecule has 7 nitrogen and oxygen atoms in total. The highest BCUT2D eigenvalue weighted by molar-refractivity contribution is 8.18. The van der Waals surface area contributed by atoms with Crippen LogP contribution in [-0.2, 0) is 20.7 Å². The highest BCUT2D eigenvalue weighted by atomic mass is 35.5. The normalized spacial score (nSPS) is 15.4. The van der Waals surface area contributed by atoms with Gasteiger partial charge in [0.05, 0.1) is 17.0 Å². The molecule has 1 fully saturated rings. The van der Waals surface area contributed by atoms with Crippen molar-refractivity contribution in [2.45, 2.75) is 12.5 Å². The standard InChI is InChI=1S/C20H17ClN2O5S.ClH/c1-27-19(25)16(22)8-11-2-5-13(6-3-11)28-14-7-4-12(15(21)10-14)9-17-18(24)23-20(26)29-17;/h2-7,9-10,16H,8,22H2,1H3,(H,23,24,26);1H/t16-;/m0./s1. The Kier molecular flexibility index (Phi) is 8.31. The van der Waals surface area contributed by atoms with Crippen molar-refractivity contribution in [2.24, 2.45) is 5.73 Å². The number of esters is 1. The molecule has 3 N–H and O–H groups in total. The van der Waals surface area contributed by atoms with E-state index in [0.29, 0.717) is 28.5 Å². The van der Waals surface area contributed by atoms with Gasteiger partial charge in [-0.25, -0.2) is 0 Å². The molecule has 0 bridgehead atoms. The summed E-state index contributed by atoms with van der Waals surface area (Å²) in [6.45, 7) is 0. The van der Waals surface area contributed by atoms with Gasteiger partial charge in [-0.15, -0.1) is 12.4 Å². The van der Waals surface area contributed by atoms with E-state index in [4.69, 9.17) is 22.1 Å². The van der Waals surface area contributed by atoms with Crippen LogP contribution in [0.25, 0.3) is 6.08 Å². The van der Waals surface area contributed by atoms with E-state index in [9.17, 15) is 14.4 Å². The van der Waals surface area contributed by atoms with Crippen LogP contribution in [0.2, 0.25) is 5.02 Å². The highest BCUT2D eigenvalue weighted by Crippen LogP contribution is 2.31. The number of hydrogen-bond donors (Lipinski definition) is 2. The van der Waals surface area contributed by atoms with Crippen molar-refractivity contribution in [1.29, 1.82) is 0 Å². The number of imide groups is 1. The lowest BCUT2D eigenvalue weighted by molar-refractivity contribution is -0.142. The first-order chi connectivity index (χ1) is 13.9. The lowest BCUT2D eigenvalue weighted by Crippen LogP contribution is -2.33. The molecule has 2 aromatic rings. The van der Waals surface area contributed by atoms with Crippen LogP contribution in [0.1, 0.15) is 11.1 Å². The zero-order valence-electron chi connectivity index (χ0n) is 15.7. The summed E-state index contributed by atoms with van der Waals surface area (Å²) in [7, 11) is 1.30. The number of methoxy groups -OCH3 is 1. The van der Waals surface area contributed by atoms with Gasteiger partial charge >= 0.3 is 5.97 Å². The smallest absolute Gasteiger partial charge is 0.322 e. The van der Waals surface area contributed by atoms with E-state index in [1.165, 1.54) is 7.11 Å². The summed E-state index contributed by atoms with van der Waals surface area (Å²) in [5.74, 6) is 0.186. The van der Waals surface area contributed by atoms with Crippen molar-refractivity contribution in [2.75, 3.05) is 7.11 Å². The first-order valence-corrected chi connectivity index (χ1v) is 9.70. The van der Waals surface area contributed by atoms with Crippen LogP contribution in [0.15, 0.2) is 47.4 Å². The zero-order chi connectivity index (χ0) is 21.0. The Morgan fingerprint density at radius 1 is 1.20 bits per heavy atom. The van der Waals surface area contributed by atoms with Crippen LogP contribution >= 0.6 is 35.8 Å². The lowest BCUT2D eigenvalue weighted by atomic mass is 10.1. The third-order valence-corrected chi connectivity index (χ3v) is 5.16. The van der Waals surface area contributed by atoms with E-state index in [0.717, 1.165) is 17.3 Å². The number of carbonyl (C=O) groups is 3. The number of hydrogen-bond acceptors (Lipinski definition) is 7. The Hall–Kier alpha value is -2.52. The molecule has 0 aromatic heterocycles. The molecule has 1 atom stereocenters. The maximum absolute atomic E-state index is 11.6. The minimum atomic E-state index is -0.720. The molecule has 10 heteroatoms. The third kappa shape index (κ3) is 5.99. The monoisotopic (exact) mass is 468 g/mol. The fourth-order valence-corrected chi connectivity index (χ4v) is 3.47. The quantitative estimate of drug-likeness (QED) is 0.488. The average molecular weight is 469 g/mol. The summed E-state index contributed by atoms with van der Waals surface area (Å²) in [4.78, 5) is 34.6. The number of halogens is 2. The number of thioether (sulfide) groups is 1. The second kappa shape index (κ2) is 10.5. The summed E-state index contributed by atoms with van der Waals surface area (Å²) < 4.78 is 10.4. The van der Waals surface area contributed by atoms with Gasteiger partial charge in [-0.3, -0.25) is 19.7 Å². The van der Waals surface area contributed by atoms with E-state index in [2.05, 4.69) is 10.1 Å². The van der Waals surface area contributed by atoms with Crippen LogP contribution in [0.3, 0.4) is 0 Å². The van der Waals surface area contributed by atoms with E-state index in [-0.39, 0.29) is 17.3 Å². The van der Waals surface area contributed by atoms with Gasteiger partial charge in [0.25, 0.3) is 11.1 Å². The topological polar surface area (TPSA) is 108 Å². The van der Waals surface area contributed by atoms with Crippen molar-refractivity contribution in [3.8, 4) is 11.5 Å². The Morgan fingerprint density at radius 2 is 1.87 bits per heavy atom. The molecule has 30 heavy (non-hydrogen) atoms. The number of nitrogens with two attached hydrogens (primary N) is 1. The molecule has 1 saturated heterocycles. The number of nitrogens with one attached hydrogen (secondary N) is 1. The molecular weight excluding hydrogens is 451 g/mol. The number of amides is 2. The minimum Gasteiger partial charge on any atom is -0.468 e. The second-order valence-corrected chi connectivity index (χ2v) is 7.54. The van der Waals surface area contributed by atoms with E-state index in [1.54, 1.807) is 36.4 Å². The molecule has 1 aliphatic rings. The molecule has 3 rings (SSSR count). The molecule has 158 valence electrons. The lowest BCUT2D eigenvalue weighted by Gasteiger charge is -2.11. The molecule has 0 spiro atoms. The second-order valence-electron chi connectivity index (χ2n) is 6.12. The Labute approximate surface area is 188 Å². The first kappa shape index (κ1) is 23.8. The van der Waals surface area contributed by atoms with Crippen LogP contribution in [-0.4, -0.2) is 30.3 Å². The number of rotatable bonds is 6. The molecule has 1 aliphatic heterocycles.